The Morgan fingerprint density at radius 1 is 0.929 bits per heavy atom. The van der Waals surface area contributed by atoms with Gasteiger partial charge in [0.2, 0.25) is 0 Å². The fourth-order valence-electron chi connectivity index (χ4n) is 1.48. The highest BCUT2D eigenvalue weighted by atomic mass is 14.0. The van der Waals surface area contributed by atoms with Gasteiger partial charge in [0.05, 0.1) is 0 Å². The topological polar surface area (TPSA) is 0 Å². The zero-order chi connectivity index (χ0) is 10.2. The van der Waals surface area contributed by atoms with Gasteiger partial charge in [-0.15, -0.1) is 13.2 Å². The quantitative estimate of drug-likeness (QED) is 0.591. The lowest BCUT2D eigenvalue weighted by Gasteiger charge is -2.02. The highest BCUT2D eigenvalue weighted by Gasteiger charge is 1.94. The summed E-state index contributed by atoms with van der Waals surface area (Å²) in [7, 11) is 0. The molecule has 0 heterocycles. The first-order chi connectivity index (χ1) is 6.86. The summed E-state index contributed by atoms with van der Waals surface area (Å²) < 4.78 is 0. The molecule has 0 amide bonds. The fraction of sp³-hybridized carbons (Fsp3) is 0.286. The lowest BCUT2D eigenvalue weighted by molar-refractivity contribution is 0.969. The molecular formula is C14H18. The summed E-state index contributed by atoms with van der Waals surface area (Å²) in [5.74, 6) is 0. The van der Waals surface area contributed by atoms with Crippen molar-refractivity contribution in [3.05, 3.63) is 60.7 Å². The van der Waals surface area contributed by atoms with Crippen LogP contribution in [0.15, 0.2) is 49.6 Å². The molecular weight excluding hydrogens is 168 g/mol. The molecule has 0 bridgehead atoms. The van der Waals surface area contributed by atoms with E-state index in [1.165, 1.54) is 11.1 Å². The molecule has 0 fully saturated rings. The Hall–Kier alpha value is -1.30. The van der Waals surface area contributed by atoms with Crippen LogP contribution in [0.2, 0.25) is 0 Å². The van der Waals surface area contributed by atoms with Crippen LogP contribution in [0.25, 0.3) is 0 Å². The van der Waals surface area contributed by atoms with Gasteiger partial charge in [0.15, 0.2) is 0 Å². The third kappa shape index (κ3) is 3.61. The lowest BCUT2D eigenvalue weighted by Crippen LogP contribution is -1.88. The SMILES string of the molecule is C=CCCc1cccc(CCC=C)c1. The molecule has 0 nitrogen and oxygen atoms in total. The summed E-state index contributed by atoms with van der Waals surface area (Å²) in [4.78, 5) is 0. The molecule has 14 heavy (non-hydrogen) atoms. The second kappa shape index (κ2) is 6.20. The molecule has 74 valence electrons. The second-order valence-corrected chi connectivity index (χ2v) is 3.47. The zero-order valence-electron chi connectivity index (χ0n) is 8.71. The van der Waals surface area contributed by atoms with Gasteiger partial charge >= 0.3 is 0 Å². The van der Waals surface area contributed by atoms with Crippen LogP contribution in [-0.2, 0) is 12.8 Å². The van der Waals surface area contributed by atoms with Gasteiger partial charge in [-0.3, -0.25) is 0 Å². The van der Waals surface area contributed by atoms with Crippen LogP contribution in [-0.4, -0.2) is 0 Å². The molecule has 0 unspecified atom stereocenters. The molecule has 0 radical (unpaired) electrons. The molecule has 0 aliphatic rings. The summed E-state index contributed by atoms with van der Waals surface area (Å²) in [6.45, 7) is 7.47. The van der Waals surface area contributed by atoms with Gasteiger partial charge in [0.25, 0.3) is 0 Å². The van der Waals surface area contributed by atoms with E-state index < -0.39 is 0 Å². The molecule has 0 aliphatic carbocycles. The van der Waals surface area contributed by atoms with Crippen LogP contribution in [0.3, 0.4) is 0 Å². The first-order valence-electron chi connectivity index (χ1n) is 5.16. The van der Waals surface area contributed by atoms with Crippen molar-refractivity contribution in [1.82, 2.24) is 0 Å². The van der Waals surface area contributed by atoms with Gasteiger partial charge in [-0.1, -0.05) is 36.4 Å². The number of rotatable bonds is 6. The van der Waals surface area contributed by atoms with Crippen molar-refractivity contribution in [2.24, 2.45) is 0 Å². The predicted molar refractivity (Wildman–Crippen MR) is 63.5 cm³/mol. The highest BCUT2D eigenvalue weighted by Crippen LogP contribution is 2.09. The summed E-state index contributed by atoms with van der Waals surface area (Å²) in [5, 5.41) is 0. The van der Waals surface area contributed by atoms with E-state index in [1.807, 2.05) is 12.2 Å². The molecule has 1 aromatic rings. The lowest BCUT2D eigenvalue weighted by atomic mass is 10.0. The van der Waals surface area contributed by atoms with E-state index in [9.17, 15) is 0 Å². The van der Waals surface area contributed by atoms with E-state index in [0.29, 0.717) is 0 Å². The number of hydrogen-bond donors (Lipinski definition) is 0. The number of aryl methyl sites for hydroxylation is 2. The van der Waals surface area contributed by atoms with Crippen molar-refractivity contribution in [1.29, 1.82) is 0 Å². The maximum absolute atomic E-state index is 3.73. The van der Waals surface area contributed by atoms with E-state index in [-0.39, 0.29) is 0 Å². The number of allylic oxidation sites excluding steroid dienone is 2. The standard InChI is InChI=1S/C14H18/c1-3-5-8-13-10-7-11-14(12-13)9-6-4-2/h3-4,7,10-12H,1-2,5-6,8-9H2. The van der Waals surface area contributed by atoms with Crippen LogP contribution >= 0.6 is 0 Å². The largest absolute Gasteiger partial charge is 0.103 e. The molecule has 0 aromatic heterocycles. The summed E-state index contributed by atoms with van der Waals surface area (Å²) >= 11 is 0. The Kier molecular flexibility index (Phi) is 4.77. The summed E-state index contributed by atoms with van der Waals surface area (Å²) in [5.41, 5.74) is 2.82. The normalized spacial score (nSPS) is 9.71. The molecule has 1 aromatic carbocycles. The van der Waals surface area contributed by atoms with Gasteiger partial charge in [-0.2, -0.15) is 0 Å². The van der Waals surface area contributed by atoms with Crippen LogP contribution in [0, 0.1) is 0 Å². The first kappa shape index (κ1) is 10.8. The molecule has 0 saturated carbocycles. The highest BCUT2D eigenvalue weighted by molar-refractivity contribution is 5.24. The van der Waals surface area contributed by atoms with Gasteiger partial charge in [-0.05, 0) is 36.8 Å². The predicted octanol–water partition coefficient (Wildman–Crippen LogP) is 3.92. The van der Waals surface area contributed by atoms with Gasteiger partial charge in [0, 0.05) is 0 Å². The molecule has 0 saturated heterocycles. The summed E-state index contributed by atoms with van der Waals surface area (Å²) in [6.07, 6.45) is 8.26. The van der Waals surface area contributed by atoms with Gasteiger partial charge < -0.3 is 0 Å². The number of benzene rings is 1. The number of hydrogen-bond acceptors (Lipinski definition) is 0. The maximum atomic E-state index is 3.73. The minimum Gasteiger partial charge on any atom is -0.103 e. The van der Waals surface area contributed by atoms with E-state index in [4.69, 9.17) is 0 Å². The smallest absolute Gasteiger partial charge is 0.0244 e. The van der Waals surface area contributed by atoms with Crippen molar-refractivity contribution in [2.45, 2.75) is 25.7 Å². The first-order valence-corrected chi connectivity index (χ1v) is 5.16. The van der Waals surface area contributed by atoms with Crippen LogP contribution in [0.1, 0.15) is 24.0 Å². The van der Waals surface area contributed by atoms with Crippen molar-refractivity contribution in [3.63, 3.8) is 0 Å². The molecule has 0 N–H and O–H groups in total. The Morgan fingerprint density at radius 3 is 1.86 bits per heavy atom. The molecule has 0 aliphatic heterocycles. The van der Waals surface area contributed by atoms with E-state index in [0.717, 1.165) is 25.7 Å². The summed E-state index contributed by atoms with van der Waals surface area (Å²) in [6, 6.07) is 8.78. The average molecular weight is 186 g/mol. The third-order valence-corrected chi connectivity index (χ3v) is 2.27. The Labute approximate surface area is 87.0 Å². The molecule has 0 heteroatoms. The zero-order valence-corrected chi connectivity index (χ0v) is 8.71. The Bertz CT molecular complexity index is 269. The van der Waals surface area contributed by atoms with Crippen LogP contribution in [0.4, 0.5) is 0 Å². The average Bonchev–Trinajstić information content (AvgIpc) is 2.24. The molecule has 1 rings (SSSR count). The molecule has 0 spiro atoms. The van der Waals surface area contributed by atoms with Gasteiger partial charge in [-0.25, -0.2) is 0 Å². The second-order valence-electron chi connectivity index (χ2n) is 3.47. The van der Waals surface area contributed by atoms with Crippen molar-refractivity contribution in [3.8, 4) is 0 Å². The monoisotopic (exact) mass is 186 g/mol. The minimum absolute atomic E-state index is 1.06. The van der Waals surface area contributed by atoms with Crippen LogP contribution < -0.4 is 0 Å². The minimum atomic E-state index is 1.06. The van der Waals surface area contributed by atoms with Crippen LogP contribution in [0.5, 0.6) is 0 Å². The van der Waals surface area contributed by atoms with Crippen molar-refractivity contribution in [2.75, 3.05) is 0 Å². The maximum Gasteiger partial charge on any atom is -0.0244 e. The Balaban J connectivity index is 2.58. The van der Waals surface area contributed by atoms with E-state index in [2.05, 4.69) is 37.4 Å². The molecule has 0 atom stereocenters. The van der Waals surface area contributed by atoms with Crippen molar-refractivity contribution < 1.29 is 0 Å². The van der Waals surface area contributed by atoms with Gasteiger partial charge in [0.1, 0.15) is 0 Å². The third-order valence-electron chi connectivity index (χ3n) is 2.27. The van der Waals surface area contributed by atoms with Crippen molar-refractivity contribution >= 4 is 0 Å². The van der Waals surface area contributed by atoms with E-state index in [1.54, 1.807) is 0 Å². The van der Waals surface area contributed by atoms with E-state index >= 15 is 0 Å². The Morgan fingerprint density at radius 2 is 1.43 bits per heavy atom. The fourth-order valence-corrected chi connectivity index (χ4v) is 1.48.